The lowest BCUT2D eigenvalue weighted by atomic mass is 9.57. The number of primary amides is 1. The third-order valence-electron chi connectivity index (χ3n) is 8.69. The van der Waals surface area contributed by atoms with E-state index in [1.807, 2.05) is 0 Å². The molecule has 45 heavy (non-hydrogen) atoms. The smallest absolute Gasteiger partial charge is 0.326 e. The SMILES string of the molecule is CN(C)c1cc(NC(=O)NC(=O)c2ccccc2)c(O)c2c1CC1CC3C(N(C)C)C(=O)C(C(N)=O)=C(O)C3(O)C(=O)C1=C2O. The van der Waals surface area contributed by atoms with E-state index in [1.54, 1.807) is 37.2 Å². The van der Waals surface area contributed by atoms with Crippen molar-refractivity contribution in [2.24, 2.45) is 17.6 Å². The molecule has 1 saturated carbocycles. The molecule has 0 aromatic heterocycles. The summed E-state index contributed by atoms with van der Waals surface area (Å²) in [4.78, 5) is 67.9. The van der Waals surface area contributed by atoms with Gasteiger partial charge in [-0.2, -0.15) is 0 Å². The van der Waals surface area contributed by atoms with Crippen molar-refractivity contribution in [2.45, 2.75) is 24.5 Å². The number of nitrogens with zero attached hydrogens (tertiary/aromatic N) is 2. The van der Waals surface area contributed by atoms with Crippen LogP contribution in [0.4, 0.5) is 16.2 Å². The summed E-state index contributed by atoms with van der Waals surface area (Å²) in [6.07, 6.45) is -0.00201. The van der Waals surface area contributed by atoms with Crippen LogP contribution in [-0.4, -0.2) is 94.6 Å². The molecular formula is C31H33N5O9. The monoisotopic (exact) mass is 619 g/mol. The Morgan fingerprint density at radius 1 is 1.02 bits per heavy atom. The Bertz CT molecular complexity index is 1730. The van der Waals surface area contributed by atoms with Crippen molar-refractivity contribution in [3.05, 3.63) is 70.0 Å². The number of phenolic OH excluding ortho intramolecular Hbond substituents is 1. The Hall–Kier alpha value is -5.21. The van der Waals surface area contributed by atoms with E-state index in [2.05, 4.69) is 10.6 Å². The van der Waals surface area contributed by atoms with E-state index in [0.29, 0.717) is 11.3 Å². The summed E-state index contributed by atoms with van der Waals surface area (Å²) in [6, 6.07) is 7.22. The molecule has 14 heteroatoms. The molecule has 2 aromatic rings. The Morgan fingerprint density at radius 2 is 1.67 bits per heavy atom. The van der Waals surface area contributed by atoms with Crippen molar-refractivity contribution in [1.82, 2.24) is 10.2 Å². The van der Waals surface area contributed by atoms with Crippen LogP contribution in [0.1, 0.15) is 27.9 Å². The van der Waals surface area contributed by atoms with Crippen LogP contribution < -0.4 is 21.3 Å². The Kier molecular flexibility index (Phi) is 7.67. The van der Waals surface area contributed by atoms with Crippen LogP contribution in [0.15, 0.2) is 53.3 Å². The summed E-state index contributed by atoms with van der Waals surface area (Å²) in [5, 5.41) is 50.3. The van der Waals surface area contributed by atoms with Crippen molar-refractivity contribution < 1.29 is 44.4 Å². The molecule has 8 N–H and O–H groups in total. The maximum absolute atomic E-state index is 14.1. The number of fused-ring (bicyclic) bond motifs is 3. The normalized spacial score (nSPS) is 24.1. The summed E-state index contributed by atoms with van der Waals surface area (Å²) >= 11 is 0. The fourth-order valence-electron chi connectivity index (χ4n) is 6.70. The predicted molar refractivity (Wildman–Crippen MR) is 161 cm³/mol. The van der Waals surface area contributed by atoms with Gasteiger partial charge in [-0.15, -0.1) is 0 Å². The van der Waals surface area contributed by atoms with Crippen molar-refractivity contribution in [3.63, 3.8) is 0 Å². The van der Waals surface area contributed by atoms with Gasteiger partial charge in [0.2, 0.25) is 5.78 Å². The van der Waals surface area contributed by atoms with Crippen molar-refractivity contribution in [2.75, 3.05) is 38.4 Å². The Balaban J connectivity index is 1.61. The van der Waals surface area contributed by atoms with E-state index in [4.69, 9.17) is 5.73 Å². The van der Waals surface area contributed by atoms with Crippen LogP contribution >= 0.6 is 0 Å². The first-order chi connectivity index (χ1) is 21.1. The number of likely N-dealkylation sites (N-methyl/N-ethyl adjacent to an activating group) is 1. The number of benzene rings is 2. The van der Waals surface area contributed by atoms with Gasteiger partial charge in [0, 0.05) is 36.8 Å². The summed E-state index contributed by atoms with van der Waals surface area (Å²) in [5.41, 5.74) is 2.03. The van der Waals surface area contributed by atoms with Gasteiger partial charge >= 0.3 is 6.03 Å². The number of imide groups is 1. The average molecular weight is 620 g/mol. The number of hydrogen-bond donors (Lipinski definition) is 7. The third-order valence-corrected chi connectivity index (χ3v) is 8.69. The number of phenols is 1. The van der Waals surface area contributed by atoms with Crippen molar-refractivity contribution in [1.29, 1.82) is 0 Å². The molecule has 0 bridgehead atoms. The first-order valence-corrected chi connectivity index (χ1v) is 14.0. The number of Topliss-reactive ketones (excluding diaryl/α,β-unsaturated/α-hetero) is 2. The summed E-state index contributed by atoms with van der Waals surface area (Å²) in [5.74, 6) is -8.52. The van der Waals surface area contributed by atoms with Gasteiger partial charge in [-0.1, -0.05) is 18.2 Å². The lowest BCUT2D eigenvalue weighted by Crippen LogP contribution is -2.65. The second kappa shape index (κ2) is 11.1. The number of aliphatic hydroxyl groups excluding tert-OH is 2. The van der Waals surface area contributed by atoms with E-state index in [0.717, 1.165) is 0 Å². The fourth-order valence-corrected chi connectivity index (χ4v) is 6.70. The van der Waals surface area contributed by atoms with E-state index < -0.39 is 75.7 Å². The van der Waals surface area contributed by atoms with Gasteiger partial charge in [0.25, 0.3) is 11.8 Å². The highest BCUT2D eigenvalue weighted by molar-refractivity contribution is 6.24. The molecule has 4 atom stereocenters. The molecule has 1 fully saturated rings. The van der Waals surface area contributed by atoms with Crippen LogP contribution in [0.25, 0.3) is 5.76 Å². The van der Waals surface area contributed by atoms with E-state index in [-0.39, 0.29) is 35.2 Å². The van der Waals surface area contributed by atoms with E-state index in [9.17, 15) is 44.4 Å². The maximum Gasteiger partial charge on any atom is 0.326 e. The number of nitrogens with one attached hydrogen (secondary N) is 2. The van der Waals surface area contributed by atoms with Gasteiger partial charge < -0.3 is 36.4 Å². The van der Waals surface area contributed by atoms with Crippen molar-refractivity contribution in [3.8, 4) is 5.75 Å². The Morgan fingerprint density at radius 3 is 2.24 bits per heavy atom. The zero-order chi connectivity index (χ0) is 33.1. The van der Waals surface area contributed by atoms with Gasteiger partial charge in [0.05, 0.1) is 17.3 Å². The molecule has 0 spiro atoms. The van der Waals surface area contributed by atoms with Gasteiger partial charge in [0.1, 0.15) is 17.1 Å². The minimum absolute atomic E-state index is 0.0641. The molecule has 14 nitrogen and oxygen atoms in total. The number of carbonyl (C=O) groups is 5. The zero-order valence-electron chi connectivity index (χ0n) is 24.9. The molecule has 3 aliphatic carbocycles. The fraction of sp³-hybridized carbons (Fsp3) is 0.323. The summed E-state index contributed by atoms with van der Waals surface area (Å²) in [7, 11) is 6.42. The highest BCUT2D eigenvalue weighted by Gasteiger charge is 2.64. The number of nitrogens with two attached hydrogens (primary N) is 1. The lowest BCUT2D eigenvalue weighted by molar-refractivity contribution is -0.153. The molecule has 236 valence electrons. The topological polar surface area (TPSA) is 223 Å². The van der Waals surface area contributed by atoms with E-state index in [1.165, 1.54) is 37.2 Å². The average Bonchev–Trinajstić information content (AvgIpc) is 2.96. The van der Waals surface area contributed by atoms with E-state index >= 15 is 0 Å². The first kappa shape index (κ1) is 31.2. The van der Waals surface area contributed by atoms with Gasteiger partial charge in [-0.05, 0) is 56.6 Å². The second-order valence-electron chi connectivity index (χ2n) is 11.8. The van der Waals surface area contributed by atoms with Crippen LogP contribution in [0, 0.1) is 11.8 Å². The number of hydrogen-bond acceptors (Lipinski definition) is 11. The van der Waals surface area contributed by atoms with Crippen LogP contribution in [-0.2, 0) is 20.8 Å². The minimum atomic E-state index is -2.78. The molecule has 2 aromatic carbocycles. The largest absolute Gasteiger partial charge is 0.508 e. The molecule has 4 unspecified atom stereocenters. The predicted octanol–water partition coefficient (Wildman–Crippen LogP) is 0.992. The van der Waals surface area contributed by atoms with Gasteiger partial charge in [-0.25, -0.2) is 4.79 Å². The van der Waals surface area contributed by atoms with Crippen LogP contribution in [0.5, 0.6) is 5.75 Å². The minimum Gasteiger partial charge on any atom is -0.508 e. The molecule has 0 radical (unpaired) electrons. The molecule has 0 aliphatic heterocycles. The molecule has 5 rings (SSSR count). The molecule has 0 saturated heterocycles. The van der Waals surface area contributed by atoms with Gasteiger partial charge in [0.15, 0.2) is 17.1 Å². The molecular weight excluding hydrogens is 586 g/mol. The molecule has 0 heterocycles. The maximum atomic E-state index is 14.1. The quantitative estimate of drug-likeness (QED) is 0.185. The number of ketones is 2. The first-order valence-electron chi connectivity index (χ1n) is 14.0. The number of aromatic hydroxyl groups is 1. The highest BCUT2D eigenvalue weighted by Crippen LogP contribution is 2.54. The van der Waals surface area contributed by atoms with Crippen LogP contribution in [0.3, 0.4) is 0 Å². The number of carbonyl (C=O) groups excluding carboxylic acids is 5. The number of urea groups is 1. The number of aliphatic hydroxyl groups is 3. The van der Waals surface area contributed by atoms with Crippen molar-refractivity contribution >= 4 is 46.5 Å². The molecule has 3 aliphatic rings. The second-order valence-corrected chi connectivity index (χ2v) is 11.8. The third kappa shape index (κ3) is 4.78. The standard InChI is InChI=1S/C31H33N5O9/c1-35(2)18-12-17(33-30(44)34-29(43)13-8-6-5-7-9-13)23(37)20-15(18)10-14-11-16-22(36(3)4)25(39)21(28(32)42)27(41)31(16,45)26(40)19(14)24(20)38/h5-9,12,14,16,22,37-38,41,45H,10-11H2,1-4H3,(H2,32,42)(H2,33,34,43,44). The lowest BCUT2D eigenvalue weighted by Gasteiger charge is -2.50. The number of rotatable bonds is 5. The number of amides is 4. The zero-order valence-corrected chi connectivity index (χ0v) is 24.9. The summed E-state index contributed by atoms with van der Waals surface area (Å²) in [6.45, 7) is 0. The highest BCUT2D eigenvalue weighted by atomic mass is 16.3. The molecule has 4 amide bonds. The summed E-state index contributed by atoms with van der Waals surface area (Å²) < 4.78 is 0. The van der Waals surface area contributed by atoms with Crippen LogP contribution in [0.2, 0.25) is 0 Å². The Labute approximate surface area is 257 Å². The van der Waals surface area contributed by atoms with Gasteiger partial charge in [-0.3, -0.25) is 29.4 Å². The number of anilines is 2.